The molecule has 1 aliphatic rings. The van der Waals surface area contributed by atoms with Crippen molar-refractivity contribution in [2.75, 3.05) is 6.61 Å². The molecule has 21 heavy (non-hydrogen) atoms. The minimum Gasteiger partial charge on any atom is -0.483 e. The van der Waals surface area contributed by atoms with Gasteiger partial charge >= 0.3 is 5.97 Å². The van der Waals surface area contributed by atoms with Gasteiger partial charge in [-0.05, 0) is 40.9 Å². The van der Waals surface area contributed by atoms with Crippen LogP contribution in [0.4, 0.5) is 0 Å². The predicted octanol–water partition coefficient (Wildman–Crippen LogP) is 2.73. The zero-order chi connectivity index (χ0) is 15.3. The standard InChI is InChI=1S/C15H18BrNO4/c16-11-5-1-2-6-12(11)21-10-13(18)17-15(9-14(19)20)7-3-4-8-15/h1-2,5-6H,3-4,7-10H2,(H,17,18)(H,19,20). The molecule has 0 radical (unpaired) electrons. The van der Waals surface area contributed by atoms with Crippen molar-refractivity contribution in [2.45, 2.75) is 37.6 Å². The highest BCUT2D eigenvalue weighted by molar-refractivity contribution is 9.10. The number of aliphatic carboxylic acids is 1. The maximum absolute atomic E-state index is 12.0. The van der Waals surface area contributed by atoms with Gasteiger partial charge in [0, 0.05) is 0 Å². The van der Waals surface area contributed by atoms with Crippen LogP contribution in [0.25, 0.3) is 0 Å². The van der Waals surface area contributed by atoms with Gasteiger partial charge in [-0.2, -0.15) is 0 Å². The molecule has 0 atom stereocenters. The average molecular weight is 356 g/mol. The summed E-state index contributed by atoms with van der Waals surface area (Å²) in [4.78, 5) is 23.0. The van der Waals surface area contributed by atoms with Gasteiger partial charge < -0.3 is 15.2 Å². The van der Waals surface area contributed by atoms with E-state index in [1.54, 1.807) is 6.07 Å². The lowest BCUT2D eigenvalue weighted by molar-refractivity contribution is -0.139. The number of carboxylic acid groups (broad SMARTS) is 1. The number of carbonyl (C=O) groups excluding carboxylic acids is 1. The van der Waals surface area contributed by atoms with E-state index in [1.165, 1.54) is 0 Å². The molecule has 2 N–H and O–H groups in total. The highest BCUT2D eigenvalue weighted by Gasteiger charge is 2.37. The third-order valence-corrected chi connectivity index (χ3v) is 4.31. The first kappa shape index (κ1) is 15.8. The van der Waals surface area contributed by atoms with Gasteiger partial charge in [-0.1, -0.05) is 25.0 Å². The van der Waals surface area contributed by atoms with E-state index >= 15 is 0 Å². The molecule has 1 saturated carbocycles. The summed E-state index contributed by atoms with van der Waals surface area (Å²) in [7, 11) is 0. The minimum atomic E-state index is -0.885. The fourth-order valence-electron chi connectivity index (χ4n) is 2.72. The molecule has 0 saturated heterocycles. The number of carboxylic acids is 1. The van der Waals surface area contributed by atoms with Crippen LogP contribution in [-0.4, -0.2) is 29.1 Å². The SMILES string of the molecule is O=C(O)CC1(NC(=O)COc2ccccc2Br)CCCC1. The zero-order valence-corrected chi connectivity index (χ0v) is 13.2. The van der Waals surface area contributed by atoms with Crippen LogP contribution in [0.15, 0.2) is 28.7 Å². The van der Waals surface area contributed by atoms with E-state index < -0.39 is 11.5 Å². The Morgan fingerprint density at radius 1 is 1.29 bits per heavy atom. The second-order valence-corrected chi connectivity index (χ2v) is 6.18. The lowest BCUT2D eigenvalue weighted by Crippen LogP contribution is -2.49. The monoisotopic (exact) mass is 355 g/mol. The lowest BCUT2D eigenvalue weighted by atomic mass is 9.93. The van der Waals surface area contributed by atoms with E-state index in [9.17, 15) is 9.59 Å². The van der Waals surface area contributed by atoms with Gasteiger partial charge in [0.2, 0.25) is 0 Å². The number of rotatable bonds is 6. The molecular weight excluding hydrogens is 338 g/mol. The molecule has 5 nitrogen and oxygen atoms in total. The molecule has 1 aliphatic carbocycles. The lowest BCUT2D eigenvalue weighted by Gasteiger charge is -2.28. The number of para-hydroxylation sites is 1. The number of carbonyl (C=O) groups is 2. The number of hydrogen-bond donors (Lipinski definition) is 2. The van der Waals surface area contributed by atoms with Gasteiger partial charge in [0.15, 0.2) is 6.61 Å². The van der Waals surface area contributed by atoms with Gasteiger partial charge in [0.05, 0.1) is 16.4 Å². The first-order valence-electron chi connectivity index (χ1n) is 6.91. The summed E-state index contributed by atoms with van der Waals surface area (Å²) in [5, 5.41) is 11.9. The smallest absolute Gasteiger partial charge is 0.305 e. The van der Waals surface area contributed by atoms with Crippen molar-refractivity contribution in [1.82, 2.24) is 5.32 Å². The minimum absolute atomic E-state index is 0.0340. The second-order valence-electron chi connectivity index (χ2n) is 5.33. The van der Waals surface area contributed by atoms with Gasteiger partial charge in [0.1, 0.15) is 5.75 Å². The summed E-state index contributed by atoms with van der Waals surface area (Å²) >= 11 is 3.34. The first-order valence-corrected chi connectivity index (χ1v) is 7.70. The van der Waals surface area contributed by atoms with Crippen LogP contribution in [0.1, 0.15) is 32.1 Å². The Hall–Kier alpha value is -1.56. The highest BCUT2D eigenvalue weighted by atomic mass is 79.9. The van der Waals surface area contributed by atoms with Crippen molar-refractivity contribution in [3.05, 3.63) is 28.7 Å². The van der Waals surface area contributed by atoms with E-state index in [1.807, 2.05) is 18.2 Å². The Morgan fingerprint density at radius 3 is 2.57 bits per heavy atom. The predicted molar refractivity (Wildman–Crippen MR) is 81.2 cm³/mol. The number of hydrogen-bond acceptors (Lipinski definition) is 3. The van der Waals surface area contributed by atoms with Crippen molar-refractivity contribution >= 4 is 27.8 Å². The quantitative estimate of drug-likeness (QED) is 0.822. The summed E-state index contributed by atoms with van der Waals surface area (Å²) in [6.07, 6.45) is 3.27. The Morgan fingerprint density at radius 2 is 1.95 bits per heavy atom. The van der Waals surface area contributed by atoms with Crippen molar-refractivity contribution in [1.29, 1.82) is 0 Å². The average Bonchev–Trinajstić information content (AvgIpc) is 2.85. The Labute approximate surface area is 131 Å². The largest absolute Gasteiger partial charge is 0.483 e. The molecule has 1 amide bonds. The van der Waals surface area contributed by atoms with E-state index in [0.717, 1.165) is 17.3 Å². The van der Waals surface area contributed by atoms with E-state index in [0.29, 0.717) is 18.6 Å². The third-order valence-electron chi connectivity index (χ3n) is 3.65. The molecule has 0 aliphatic heterocycles. The molecule has 2 rings (SSSR count). The maximum Gasteiger partial charge on any atom is 0.305 e. The van der Waals surface area contributed by atoms with Crippen LogP contribution in [0.5, 0.6) is 5.75 Å². The Balaban J connectivity index is 1.91. The summed E-state index contributed by atoms with van der Waals surface area (Å²) in [5.41, 5.74) is -0.611. The molecule has 114 valence electrons. The van der Waals surface area contributed by atoms with Gasteiger partial charge in [0.25, 0.3) is 5.91 Å². The van der Waals surface area contributed by atoms with Crippen LogP contribution in [0.2, 0.25) is 0 Å². The zero-order valence-electron chi connectivity index (χ0n) is 11.6. The molecule has 0 heterocycles. The Bertz CT molecular complexity index is 526. The Kier molecular flexibility index (Phi) is 5.22. The summed E-state index contributed by atoms with van der Waals surface area (Å²) in [6, 6.07) is 7.27. The summed E-state index contributed by atoms with van der Waals surface area (Å²) < 4.78 is 6.23. The van der Waals surface area contributed by atoms with Crippen LogP contribution in [0, 0.1) is 0 Å². The molecular formula is C15H18BrNO4. The molecule has 0 bridgehead atoms. The number of nitrogens with one attached hydrogen (secondary N) is 1. The van der Waals surface area contributed by atoms with Crippen LogP contribution in [-0.2, 0) is 9.59 Å². The number of benzene rings is 1. The van der Waals surface area contributed by atoms with Crippen molar-refractivity contribution < 1.29 is 19.4 Å². The molecule has 1 fully saturated rings. The van der Waals surface area contributed by atoms with Crippen molar-refractivity contribution in [3.63, 3.8) is 0 Å². The van der Waals surface area contributed by atoms with Crippen LogP contribution >= 0.6 is 15.9 Å². The molecule has 6 heteroatoms. The number of amides is 1. The third kappa shape index (κ3) is 4.46. The molecule has 0 unspecified atom stereocenters. The normalized spacial score (nSPS) is 16.4. The fourth-order valence-corrected chi connectivity index (χ4v) is 3.12. The van der Waals surface area contributed by atoms with E-state index in [4.69, 9.17) is 9.84 Å². The molecule has 1 aromatic rings. The topological polar surface area (TPSA) is 75.6 Å². The van der Waals surface area contributed by atoms with Gasteiger partial charge in [-0.3, -0.25) is 9.59 Å². The first-order chi connectivity index (χ1) is 10.0. The molecule has 0 aromatic heterocycles. The van der Waals surface area contributed by atoms with Gasteiger partial charge in [-0.25, -0.2) is 0 Å². The molecule has 1 aromatic carbocycles. The van der Waals surface area contributed by atoms with E-state index in [-0.39, 0.29) is 18.9 Å². The summed E-state index contributed by atoms with van der Waals surface area (Å²) in [6.45, 7) is -0.121. The number of halogens is 1. The summed E-state index contributed by atoms with van der Waals surface area (Å²) in [5.74, 6) is -0.579. The number of ether oxygens (including phenoxy) is 1. The highest BCUT2D eigenvalue weighted by Crippen LogP contribution is 2.32. The van der Waals surface area contributed by atoms with E-state index in [2.05, 4.69) is 21.2 Å². The second kappa shape index (κ2) is 6.93. The van der Waals surface area contributed by atoms with Crippen molar-refractivity contribution in [3.8, 4) is 5.75 Å². The van der Waals surface area contributed by atoms with Crippen LogP contribution in [0.3, 0.4) is 0 Å². The van der Waals surface area contributed by atoms with Crippen LogP contribution < -0.4 is 10.1 Å². The van der Waals surface area contributed by atoms with Gasteiger partial charge in [-0.15, -0.1) is 0 Å². The van der Waals surface area contributed by atoms with Crippen molar-refractivity contribution in [2.24, 2.45) is 0 Å². The maximum atomic E-state index is 12.0. The fraction of sp³-hybridized carbons (Fsp3) is 0.467. The molecule has 0 spiro atoms.